The molecule has 1 aromatic carbocycles. The third kappa shape index (κ3) is 4.13. The number of ether oxygens (including phenoxy) is 1. The van der Waals surface area contributed by atoms with E-state index in [1.165, 1.54) is 36.9 Å². The summed E-state index contributed by atoms with van der Waals surface area (Å²) in [6.07, 6.45) is 7.19. The average molecular weight is 411 g/mol. The van der Waals surface area contributed by atoms with E-state index in [1.54, 1.807) is 0 Å². The van der Waals surface area contributed by atoms with E-state index in [4.69, 9.17) is 4.74 Å². The predicted molar refractivity (Wildman–Crippen MR) is 118 cm³/mol. The van der Waals surface area contributed by atoms with Crippen LogP contribution >= 0.6 is 0 Å². The molecule has 1 N–H and O–H groups in total. The van der Waals surface area contributed by atoms with Crippen molar-refractivity contribution in [1.82, 2.24) is 19.7 Å². The number of nitrogens with zero attached hydrogens (tertiary/aromatic N) is 3. The number of carbonyl (C=O) groups is 1. The lowest BCUT2D eigenvalue weighted by Crippen LogP contribution is -2.54. The Kier molecular flexibility index (Phi) is 5.81. The zero-order chi connectivity index (χ0) is 20.5. The van der Waals surface area contributed by atoms with Gasteiger partial charge in [0.1, 0.15) is 6.54 Å². The number of hydrogen-bond acceptors (Lipinski definition) is 4. The summed E-state index contributed by atoms with van der Waals surface area (Å²) in [5.41, 5.74) is 2.47. The minimum absolute atomic E-state index is 0.0609. The monoisotopic (exact) mass is 410 g/mol. The summed E-state index contributed by atoms with van der Waals surface area (Å²) in [6.45, 7) is 8.70. The van der Waals surface area contributed by atoms with Crippen molar-refractivity contribution in [3.63, 3.8) is 0 Å². The van der Waals surface area contributed by atoms with Crippen molar-refractivity contribution in [1.29, 1.82) is 0 Å². The molecule has 4 heterocycles. The second-order valence-corrected chi connectivity index (χ2v) is 9.31. The van der Waals surface area contributed by atoms with Crippen molar-refractivity contribution in [2.45, 2.75) is 63.9 Å². The number of amides is 1. The standard InChI is InChI=1S/C24H34N4O2/c1-18-13-26-10-4-6-20(26)16-27(18)14-19-15-28(23-9-3-2-8-22(19)23)17-24(29)25-12-21-7-5-11-30-21/h2-3,8-9,15,18,20-21H,4-7,10-14,16-17H2,1H3,(H,25,29)/t18-,20-,21-/m1/s1. The van der Waals surface area contributed by atoms with Crippen LogP contribution in [0.2, 0.25) is 0 Å². The van der Waals surface area contributed by atoms with Gasteiger partial charge in [-0.3, -0.25) is 14.6 Å². The van der Waals surface area contributed by atoms with Gasteiger partial charge in [0.05, 0.1) is 6.10 Å². The lowest BCUT2D eigenvalue weighted by molar-refractivity contribution is -0.122. The molecule has 1 amide bonds. The molecule has 3 atom stereocenters. The molecule has 3 fully saturated rings. The van der Waals surface area contributed by atoms with Gasteiger partial charge in [-0.15, -0.1) is 0 Å². The van der Waals surface area contributed by atoms with Gasteiger partial charge in [0.25, 0.3) is 0 Å². The molecule has 0 bridgehead atoms. The second kappa shape index (κ2) is 8.69. The maximum Gasteiger partial charge on any atom is 0.240 e. The first-order chi connectivity index (χ1) is 14.7. The summed E-state index contributed by atoms with van der Waals surface area (Å²) in [5, 5.41) is 4.33. The number of rotatable bonds is 6. The van der Waals surface area contributed by atoms with Crippen LogP contribution in [-0.2, 0) is 22.6 Å². The summed E-state index contributed by atoms with van der Waals surface area (Å²) in [5.74, 6) is 0.0609. The third-order valence-electron chi connectivity index (χ3n) is 7.18. The summed E-state index contributed by atoms with van der Waals surface area (Å²) in [7, 11) is 0. The molecule has 0 spiro atoms. The molecule has 0 unspecified atom stereocenters. The van der Waals surface area contributed by atoms with Gasteiger partial charge in [-0.05, 0) is 50.8 Å². The van der Waals surface area contributed by atoms with Crippen LogP contribution in [0, 0.1) is 0 Å². The van der Waals surface area contributed by atoms with Crippen LogP contribution in [0.4, 0.5) is 0 Å². The van der Waals surface area contributed by atoms with Gasteiger partial charge in [0, 0.05) is 62.0 Å². The molecule has 0 saturated carbocycles. The zero-order valence-electron chi connectivity index (χ0n) is 18.1. The smallest absolute Gasteiger partial charge is 0.240 e. The van der Waals surface area contributed by atoms with Crippen LogP contribution in [-0.4, -0.2) is 71.2 Å². The highest BCUT2D eigenvalue weighted by atomic mass is 16.5. The van der Waals surface area contributed by atoms with E-state index in [1.807, 2.05) is 0 Å². The summed E-state index contributed by atoms with van der Waals surface area (Å²) in [4.78, 5) is 17.9. The van der Waals surface area contributed by atoms with Crippen LogP contribution in [0.3, 0.4) is 0 Å². The Hall–Kier alpha value is -1.89. The third-order valence-corrected chi connectivity index (χ3v) is 7.18. The van der Waals surface area contributed by atoms with E-state index in [9.17, 15) is 4.79 Å². The largest absolute Gasteiger partial charge is 0.376 e. The molecular weight excluding hydrogens is 376 g/mol. The number of carbonyl (C=O) groups excluding carboxylic acids is 1. The number of hydrogen-bond donors (Lipinski definition) is 1. The Labute approximate surface area is 179 Å². The first-order valence-electron chi connectivity index (χ1n) is 11.6. The Morgan fingerprint density at radius 3 is 2.97 bits per heavy atom. The minimum Gasteiger partial charge on any atom is -0.376 e. The fourth-order valence-corrected chi connectivity index (χ4v) is 5.51. The van der Waals surface area contributed by atoms with E-state index >= 15 is 0 Å². The van der Waals surface area contributed by atoms with Crippen LogP contribution in [0.5, 0.6) is 0 Å². The van der Waals surface area contributed by atoms with Crippen LogP contribution in [0.15, 0.2) is 30.5 Å². The Balaban J connectivity index is 1.29. The average Bonchev–Trinajstić information content (AvgIpc) is 3.48. The van der Waals surface area contributed by atoms with E-state index in [2.05, 4.69) is 57.1 Å². The summed E-state index contributed by atoms with van der Waals surface area (Å²) in [6, 6.07) is 9.78. The van der Waals surface area contributed by atoms with Gasteiger partial charge in [-0.1, -0.05) is 18.2 Å². The molecule has 2 aromatic rings. The van der Waals surface area contributed by atoms with Crippen molar-refractivity contribution in [3.8, 4) is 0 Å². The molecule has 3 aliphatic heterocycles. The maximum atomic E-state index is 12.6. The SMILES string of the molecule is C[C@@H]1CN2CCC[C@@H]2CN1Cc1cn(CC(=O)NC[C@H]2CCCO2)c2ccccc12. The van der Waals surface area contributed by atoms with Gasteiger partial charge in [-0.25, -0.2) is 0 Å². The van der Waals surface area contributed by atoms with Crippen molar-refractivity contribution < 1.29 is 9.53 Å². The lowest BCUT2D eigenvalue weighted by atomic mass is 10.1. The van der Waals surface area contributed by atoms with E-state index in [-0.39, 0.29) is 12.0 Å². The molecule has 3 saturated heterocycles. The van der Waals surface area contributed by atoms with Crippen LogP contribution in [0.25, 0.3) is 10.9 Å². The van der Waals surface area contributed by atoms with E-state index < -0.39 is 0 Å². The summed E-state index contributed by atoms with van der Waals surface area (Å²) < 4.78 is 7.74. The van der Waals surface area contributed by atoms with E-state index in [0.29, 0.717) is 19.1 Å². The van der Waals surface area contributed by atoms with Crippen molar-refractivity contribution in [3.05, 3.63) is 36.0 Å². The maximum absolute atomic E-state index is 12.6. The highest BCUT2D eigenvalue weighted by molar-refractivity contribution is 5.86. The molecule has 5 rings (SSSR count). The quantitative estimate of drug-likeness (QED) is 0.795. The molecule has 6 heteroatoms. The lowest BCUT2D eigenvalue weighted by Gasteiger charge is -2.42. The molecule has 30 heavy (non-hydrogen) atoms. The minimum atomic E-state index is 0.0609. The van der Waals surface area contributed by atoms with Gasteiger partial charge >= 0.3 is 0 Å². The topological polar surface area (TPSA) is 49.7 Å². The first kappa shape index (κ1) is 20.0. The van der Waals surface area contributed by atoms with Gasteiger partial charge in [0.15, 0.2) is 0 Å². The number of fused-ring (bicyclic) bond motifs is 2. The van der Waals surface area contributed by atoms with Crippen LogP contribution < -0.4 is 5.32 Å². The van der Waals surface area contributed by atoms with Crippen molar-refractivity contribution in [2.24, 2.45) is 0 Å². The Morgan fingerprint density at radius 1 is 1.20 bits per heavy atom. The number of nitrogens with one attached hydrogen (secondary N) is 1. The molecule has 1 aromatic heterocycles. The van der Waals surface area contributed by atoms with Crippen molar-refractivity contribution >= 4 is 16.8 Å². The predicted octanol–water partition coefficient (Wildman–Crippen LogP) is 2.61. The Morgan fingerprint density at radius 2 is 2.10 bits per heavy atom. The molecule has 0 aliphatic carbocycles. The first-order valence-corrected chi connectivity index (χ1v) is 11.6. The Bertz CT molecular complexity index is 888. The fourth-order valence-electron chi connectivity index (χ4n) is 5.51. The summed E-state index contributed by atoms with van der Waals surface area (Å²) >= 11 is 0. The fraction of sp³-hybridized carbons (Fsp3) is 0.625. The zero-order valence-corrected chi connectivity index (χ0v) is 18.1. The van der Waals surface area contributed by atoms with Gasteiger partial charge in [-0.2, -0.15) is 0 Å². The highest BCUT2D eigenvalue weighted by Gasteiger charge is 2.34. The molecular formula is C24H34N4O2. The number of para-hydroxylation sites is 1. The van der Waals surface area contributed by atoms with Crippen molar-refractivity contribution in [2.75, 3.05) is 32.8 Å². The molecule has 6 nitrogen and oxygen atoms in total. The number of aromatic nitrogens is 1. The highest BCUT2D eigenvalue weighted by Crippen LogP contribution is 2.28. The van der Waals surface area contributed by atoms with E-state index in [0.717, 1.165) is 44.1 Å². The number of piperazine rings is 1. The van der Waals surface area contributed by atoms with Gasteiger partial charge < -0.3 is 14.6 Å². The van der Waals surface area contributed by atoms with Gasteiger partial charge in [0.2, 0.25) is 5.91 Å². The second-order valence-electron chi connectivity index (χ2n) is 9.31. The normalized spacial score (nSPS) is 27.6. The molecule has 3 aliphatic rings. The molecule has 0 radical (unpaired) electrons. The van der Waals surface area contributed by atoms with Crippen LogP contribution in [0.1, 0.15) is 38.2 Å². The molecule has 162 valence electrons. The number of benzene rings is 1.